The van der Waals surface area contributed by atoms with Gasteiger partial charge in [-0.15, -0.1) is 0 Å². The van der Waals surface area contributed by atoms with Crippen molar-refractivity contribution < 1.29 is 38.9 Å². The summed E-state index contributed by atoms with van der Waals surface area (Å²) >= 11 is 0. The molecule has 0 saturated carbocycles. The fourth-order valence-corrected chi connectivity index (χ4v) is 7.20. The quantitative estimate of drug-likeness (QED) is 0.0864. The summed E-state index contributed by atoms with van der Waals surface area (Å²) in [6, 6.07) is 32.8. The zero-order valence-electron chi connectivity index (χ0n) is 33.9. The molecule has 7 rings (SSSR count). The molecule has 1 aliphatic carbocycles. The van der Waals surface area contributed by atoms with E-state index in [9.17, 15) is 29.4 Å². The van der Waals surface area contributed by atoms with Crippen molar-refractivity contribution in [3.63, 3.8) is 0 Å². The van der Waals surface area contributed by atoms with Crippen LogP contribution in [0.1, 0.15) is 55.9 Å². The highest BCUT2D eigenvalue weighted by atomic mass is 16.5. The van der Waals surface area contributed by atoms with E-state index < -0.39 is 11.8 Å². The molecule has 8 bridgehead atoms. The monoisotopic (exact) mass is 834 g/mol. The summed E-state index contributed by atoms with van der Waals surface area (Å²) in [5.74, 6) is -0.469. The van der Waals surface area contributed by atoms with Crippen LogP contribution < -0.4 is 30.7 Å². The summed E-state index contributed by atoms with van der Waals surface area (Å²) in [6.45, 7) is -0.902. The molecule has 4 aromatic carbocycles. The number of carbonyl (C=O) groups is 4. The molecule has 0 aliphatic heterocycles. The number of phenolic OH excluding ortho intramolecular Hbond substituents is 2. The molecule has 4 amide bonds. The Morgan fingerprint density at radius 2 is 0.758 bits per heavy atom. The van der Waals surface area contributed by atoms with E-state index in [0.717, 1.165) is 0 Å². The van der Waals surface area contributed by atoms with Crippen LogP contribution >= 0.6 is 0 Å². The third kappa shape index (κ3) is 11.3. The lowest BCUT2D eigenvalue weighted by Gasteiger charge is -2.20. The molecule has 0 unspecified atom stereocenters. The number of amides is 4. The zero-order valence-corrected chi connectivity index (χ0v) is 33.9. The number of benzene rings is 4. The molecule has 14 heteroatoms. The average molecular weight is 835 g/mol. The van der Waals surface area contributed by atoms with Gasteiger partial charge in [0.2, 0.25) is 11.8 Å². The molecule has 6 N–H and O–H groups in total. The molecule has 0 atom stereocenters. The largest absolute Gasteiger partial charge is 0.507 e. The highest BCUT2D eigenvalue weighted by Gasteiger charge is 2.21. The molecule has 0 radical (unpaired) electrons. The van der Waals surface area contributed by atoms with Crippen LogP contribution in [0.3, 0.4) is 0 Å². The fourth-order valence-electron chi connectivity index (χ4n) is 7.20. The van der Waals surface area contributed by atoms with Gasteiger partial charge in [0.05, 0.1) is 26.2 Å². The highest BCUT2D eigenvalue weighted by molar-refractivity contribution is 5.81. The summed E-state index contributed by atoms with van der Waals surface area (Å²) in [6.07, 6.45) is 4.37. The Labute approximate surface area is 358 Å². The van der Waals surface area contributed by atoms with Gasteiger partial charge >= 0.3 is 0 Å². The number of nitrogens with one attached hydrogen (secondary N) is 4. The number of pyridine rings is 2. The van der Waals surface area contributed by atoms with Crippen molar-refractivity contribution in [2.24, 2.45) is 0 Å². The summed E-state index contributed by atoms with van der Waals surface area (Å²) < 4.78 is 12.5. The first-order valence-electron chi connectivity index (χ1n) is 20.1. The minimum absolute atomic E-state index is 0.0730. The van der Waals surface area contributed by atoms with Crippen molar-refractivity contribution in [1.82, 2.24) is 31.2 Å². The van der Waals surface area contributed by atoms with Gasteiger partial charge in [-0.05, 0) is 68.8 Å². The number of phenols is 2. The summed E-state index contributed by atoms with van der Waals surface area (Å²) in [7, 11) is 0. The number of para-hydroxylation sites is 4. The van der Waals surface area contributed by atoms with Crippen LogP contribution in [0.15, 0.2) is 122 Å². The molecule has 14 nitrogen and oxygen atoms in total. The fraction of sp³-hybridized carbons (Fsp3) is 0.208. The second-order valence-corrected chi connectivity index (χ2v) is 14.7. The van der Waals surface area contributed by atoms with Gasteiger partial charge in [0, 0.05) is 49.5 Å². The number of aromatic hydroxyl groups is 2. The first kappa shape index (κ1) is 42.4. The van der Waals surface area contributed by atoms with Crippen molar-refractivity contribution in [2.45, 2.75) is 38.5 Å². The number of hydrogen-bond donors (Lipinski definition) is 6. The van der Waals surface area contributed by atoms with E-state index in [1.807, 2.05) is 72.8 Å². The molecule has 1 aliphatic rings. The van der Waals surface area contributed by atoms with Gasteiger partial charge in [0.1, 0.15) is 23.0 Å². The lowest BCUT2D eigenvalue weighted by Crippen LogP contribution is -2.40. The maximum absolute atomic E-state index is 13.0. The van der Waals surface area contributed by atoms with Crippen LogP contribution in [-0.4, -0.2) is 70.4 Å². The van der Waals surface area contributed by atoms with Gasteiger partial charge in [-0.1, -0.05) is 84.9 Å². The number of ether oxygens (including phenoxy) is 2. The van der Waals surface area contributed by atoms with Gasteiger partial charge in [-0.25, -0.2) is 0 Å². The second kappa shape index (κ2) is 20.5. The molecular weight excluding hydrogens is 789 g/mol. The Morgan fingerprint density at radius 3 is 1.08 bits per heavy atom. The van der Waals surface area contributed by atoms with Crippen molar-refractivity contribution >= 4 is 23.6 Å². The van der Waals surface area contributed by atoms with Gasteiger partial charge in [-0.2, -0.15) is 0 Å². The van der Waals surface area contributed by atoms with Crippen molar-refractivity contribution in [1.29, 1.82) is 0 Å². The number of fused-ring (bicyclic) bond motifs is 8. The molecule has 0 fully saturated rings. The number of aromatic nitrogens is 2. The molecule has 0 spiro atoms. The standard InChI is InChI=1S/C48H46N6O8/c55-41(25-39-17-1-3-19-49-39)51-29-53-43(57)27-61-47-35-13-7-14-36(47)22-32-10-6-12-34(46(32)60)24-38-16-8-15-37(23-33-11-5-9-31(21-35)45(33)59)48(38)62-28-44(58)54-30-52-42(56)26-40-18-2-4-20-50-40/h1-20,59-60H,21-30H2,(H,51,55)(H,52,56)(H,53,57)(H,54,58). The molecular formula is C48H46N6O8. The van der Waals surface area contributed by atoms with Gasteiger partial charge < -0.3 is 41.0 Å². The number of hydrogen-bond acceptors (Lipinski definition) is 10. The Hall–Kier alpha value is -7.74. The zero-order chi connectivity index (χ0) is 43.3. The second-order valence-electron chi connectivity index (χ2n) is 14.7. The van der Waals surface area contributed by atoms with Crippen LogP contribution in [0.5, 0.6) is 23.0 Å². The normalized spacial score (nSPS) is 11.7. The SMILES string of the molecule is O=C(COc1c2cccc1Cc1cccc(c1O)Cc1cccc(c1OCC(=O)NCNC(=O)Cc1ccccn1)Cc1cccc(c1O)C2)NCNC(=O)Cc1ccccn1. The Bertz CT molecular complexity index is 2290. The number of nitrogens with zero attached hydrogens (tertiary/aromatic N) is 2. The minimum Gasteiger partial charge on any atom is -0.507 e. The highest BCUT2D eigenvalue weighted by Crippen LogP contribution is 2.38. The lowest BCUT2D eigenvalue weighted by atomic mass is 9.91. The molecule has 62 heavy (non-hydrogen) atoms. The summed E-state index contributed by atoms with van der Waals surface area (Å²) in [5, 5.41) is 34.1. The molecule has 6 aromatic rings. The van der Waals surface area contributed by atoms with E-state index in [1.54, 1.807) is 48.8 Å². The molecule has 2 aromatic heterocycles. The predicted molar refractivity (Wildman–Crippen MR) is 229 cm³/mol. The van der Waals surface area contributed by atoms with Crippen molar-refractivity contribution in [2.75, 3.05) is 26.6 Å². The topological polar surface area (TPSA) is 201 Å². The van der Waals surface area contributed by atoms with Crippen LogP contribution in [0.4, 0.5) is 0 Å². The van der Waals surface area contributed by atoms with Crippen molar-refractivity contribution in [3.05, 3.63) is 177 Å². The minimum atomic E-state index is -0.458. The van der Waals surface area contributed by atoms with Crippen LogP contribution in [-0.2, 0) is 57.7 Å². The van der Waals surface area contributed by atoms with E-state index in [4.69, 9.17) is 9.47 Å². The summed E-state index contributed by atoms with van der Waals surface area (Å²) in [5.41, 5.74) is 6.51. The number of rotatable bonds is 14. The Kier molecular flexibility index (Phi) is 14.0. The Balaban J connectivity index is 1.09. The van der Waals surface area contributed by atoms with Gasteiger partial charge in [-0.3, -0.25) is 29.1 Å². The van der Waals surface area contributed by atoms with Gasteiger partial charge in [0.25, 0.3) is 11.8 Å². The smallest absolute Gasteiger partial charge is 0.259 e. The Morgan fingerprint density at radius 1 is 0.435 bits per heavy atom. The molecule has 2 heterocycles. The third-order valence-electron chi connectivity index (χ3n) is 10.3. The molecule has 0 saturated heterocycles. The van der Waals surface area contributed by atoms with E-state index in [2.05, 4.69) is 31.2 Å². The van der Waals surface area contributed by atoms with Crippen LogP contribution in [0, 0.1) is 0 Å². The van der Waals surface area contributed by atoms with Gasteiger partial charge in [0.15, 0.2) is 13.2 Å². The van der Waals surface area contributed by atoms with Crippen molar-refractivity contribution in [3.8, 4) is 23.0 Å². The van der Waals surface area contributed by atoms with Crippen LogP contribution in [0.25, 0.3) is 0 Å². The van der Waals surface area contributed by atoms with E-state index in [1.165, 1.54) is 0 Å². The van der Waals surface area contributed by atoms with Crippen LogP contribution in [0.2, 0.25) is 0 Å². The van der Waals surface area contributed by atoms with E-state index >= 15 is 0 Å². The molecule has 316 valence electrons. The average Bonchev–Trinajstić information content (AvgIpc) is 3.26. The van der Waals surface area contributed by atoms with E-state index in [-0.39, 0.29) is 88.4 Å². The maximum Gasteiger partial charge on any atom is 0.259 e. The predicted octanol–water partition coefficient (Wildman–Crippen LogP) is 4.19. The third-order valence-corrected chi connectivity index (χ3v) is 10.3. The summed E-state index contributed by atoms with van der Waals surface area (Å²) in [4.78, 5) is 59.1. The maximum atomic E-state index is 13.0. The number of carbonyl (C=O) groups excluding carboxylic acids is 4. The van der Waals surface area contributed by atoms with E-state index in [0.29, 0.717) is 67.4 Å². The first-order valence-corrected chi connectivity index (χ1v) is 20.1. The first-order chi connectivity index (χ1) is 30.2. The lowest BCUT2D eigenvalue weighted by molar-refractivity contribution is -0.125.